The molecule has 2 rings (SSSR count). The van der Waals surface area contributed by atoms with E-state index in [2.05, 4.69) is 31.0 Å². The van der Waals surface area contributed by atoms with Gasteiger partial charge in [-0.05, 0) is 50.1 Å². The van der Waals surface area contributed by atoms with Gasteiger partial charge in [-0.2, -0.15) is 0 Å². The molecule has 0 spiro atoms. The zero-order valence-corrected chi connectivity index (χ0v) is 14.0. The number of methoxy groups -OCH3 is 1. The van der Waals surface area contributed by atoms with E-state index in [0.717, 1.165) is 25.1 Å². The number of nitrogens with zero attached hydrogens (tertiary/aromatic N) is 1. The highest BCUT2D eigenvalue weighted by molar-refractivity contribution is 4.99. The molecule has 3 heteroatoms. The smallest absolute Gasteiger partial charge is 0.0503 e. The highest BCUT2D eigenvalue weighted by Crippen LogP contribution is 2.39. The standard InChI is InChI=1S/C17H34N2O/c1-5-10-18-16-15(7-6-9-17(16,2)3)19-11-8-14(12-19)13-20-4/h14-16,18H,5-13H2,1-4H3. The van der Waals surface area contributed by atoms with Crippen LogP contribution in [0.15, 0.2) is 0 Å². The Balaban J connectivity index is 2.00. The minimum atomic E-state index is 0.428. The molecule has 0 amide bonds. The zero-order valence-electron chi connectivity index (χ0n) is 14.0. The van der Waals surface area contributed by atoms with Crippen LogP contribution in [0.1, 0.15) is 52.9 Å². The average molecular weight is 282 g/mol. The molecule has 1 heterocycles. The summed E-state index contributed by atoms with van der Waals surface area (Å²) in [5, 5.41) is 3.86. The Kier molecular flexibility index (Phi) is 5.88. The molecule has 2 aliphatic rings. The van der Waals surface area contributed by atoms with Crippen molar-refractivity contribution in [1.29, 1.82) is 0 Å². The first kappa shape index (κ1) is 16.3. The van der Waals surface area contributed by atoms with Gasteiger partial charge in [0.05, 0.1) is 6.61 Å². The predicted molar refractivity (Wildman–Crippen MR) is 85.1 cm³/mol. The molecule has 0 bridgehead atoms. The van der Waals surface area contributed by atoms with Crippen LogP contribution in [0.5, 0.6) is 0 Å². The van der Waals surface area contributed by atoms with Crippen LogP contribution in [-0.4, -0.2) is 50.3 Å². The molecule has 3 atom stereocenters. The van der Waals surface area contributed by atoms with Gasteiger partial charge in [-0.3, -0.25) is 4.90 Å². The van der Waals surface area contributed by atoms with Crippen LogP contribution in [0.4, 0.5) is 0 Å². The van der Waals surface area contributed by atoms with E-state index in [1.165, 1.54) is 45.2 Å². The monoisotopic (exact) mass is 282 g/mol. The van der Waals surface area contributed by atoms with Crippen LogP contribution < -0.4 is 5.32 Å². The quantitative estimate of drug-likeness (QED) is 0.811. The number of rotatable bonds is 6. The second-order valence-corrected chi connectivity index (χ2v) is 7.48. The molecule has 3 unspecified atom stereocenters. The fourth-order valence-corrected chi connectivity index (χ4v) is 4.25. The molecule has 118 valence electrons. The maximum atomic E-state index is 5.35. The Bertz CT molecular complexity index is 293. The van der Waals surface area contributed by atoms with Gasteiger partial charge in [0, 0.05) is 25.7 Å². The molecule has 0 aromatic heterocycles. The van der Waals surface area contributed by atoms with Crippen LogP contribution in [-0.2, 0) is 4.74 Å². The lowest BCUT2D eigenvalue weighted by Gasteiger charge is -2.48. The number of hydrogen-bond donors (Lipinski definition) is 1. The third-order valence-electron chi connectivity index (χ3n) is 5.35. The Morgan fingerprint density at radius 1 is 1.30 bits per heavy atom. The predicted octanol–water partition coefficient (Wildman–Crippen LogP) is 2.90. The lowest BCUT2D eigenvalue weighted by Crippen LogP contribution is -2.58. The zero-order chi connectivity index (χ0) is 14.6. The van der Waals surface area contributed by atoms with E-state index in [1.54, 1.807) is 0 Å². The number of hydrogen-bond acceptors (Lipinski definition) is 3. The number of nitrogens with one attached hydrogen (secondary N) is 1. The van der Waals surface area contributed by atoms with Gasteiger partial charge >= 0.3 is 0 Å². The van der Waals surface area contributed by atoms with Crippen LogP contribution in [0.25, 0.3) is 0 Å². The molecule has 3 nitrogen and oxygen atoms in total. The van der Waals surface area contributed by atoms with Gasteiger partial charge in [0.15, 0.2) is 0 Å². The third-order valence-corrected chi connectivity index (χ3v) is 5.35. The molecule has 0 aromatic carbocycles. The van der Waals surface area contributed by atoms with E-state index in [9.17, 15) is 0 Å². The fraction of sp³-hybridized carbons (Fsp3) is 1.00. The summed E-state index contributed by atoms with van der Waals surface area (Å²) in [5.41, 5.74) is 0.428. The van der Waals surface area contributed by atoms with E-state index in [-0.39, 0.29) is 0 Å². The van der Waals surface area contributed by atoms with Crippen molar-refractivity contribution >= 4 is 0 Å². The lowest BCUT2D eigenvalue weighted by molar-refractivity contribution is 0.0562. The summed E-state index contributed by atoms with van der Waals surface area (Å²) >= 11 is 0. The maximum absolute atomic E-state index is 5.35. The van der Waals surface area contributed by atoms with Crippen LogP contribution in [0.2, 0.25) is 0 Å². The van der Waals surface area contributed by atoms with Crippen molar-refractivity contribution in [3.05, 3.63) is 0 Å². The van der Waals surface area contributed by atoms with Gasteiger partial charge in [-0.25, -0.2) is 0 Å². The molecule has 1 aliphatic heterocycles. The fourth-order valence-electron chi connectivity index (χ4n) is 4.25. The van der Waals surface area contributed by atoms with E-state index in [1.807, 2.05) is 7.11 Å². The Morgan fingerprint density at radius 3 is 2.80 bits per heavy atom. The Labute approximate surface area is 125 Å². The summed E-state index contributed by atoms with van der Waals surface area (Å²) in [6.07, 6.45) is 6.65. The molecule has 1 aliphatic carbocycles. The van der Waals surface area contributed by atoms with Gasteiger partial charge in [-0.1, -0.05) is 27.2 Å². The first-order valence-corrected chi connectivity index (χ1v) is 8.55. The van der Waals surface area contributed by atoms with E-state index < -0.39 is 0 Å². The van der Waals surface area contributed by atoms with Crippen LogP contribution in [0, 0.1) is 11.3 Å². The van der Waals surface area contributed by atoms with Gasteiger partial charge < -0.3 is 10.1 Å². The molecule has 1 saturated carbocycles. The molecule has 2 fully saturated rings. The molecular weight excluding hydrogens is 248 g/mol. The third kappa shape index (κ3) is 3.75. The summed E-state index contributed by atoms with van der Waals surface area (Å²) in [4.78, 5) is 2.75. The van der Waals surface area contributed by atoms with Crippen molar-refractivity contribution in [2.75, 3.05) is 33.4 Å². The minimum absolute atomic E-state index is 0.428. The highest BCUT2D eigenvalue weighted by atomic mass is 16.5. The van der Waals surface area contributed by atoms with Gasteiger partial charge in [-0.15, -0.1) is 0 Å². The van der Waals surface area contributed by atoms with E-state index >= 15 is 0 Å². The van der Waals surface area contributed by atoms with Gasteiger partial charge in [0.1, 0.15) is 0 Å². The second kappa shape index (κ2) is 7.24. The van der Waals surface area contributed by atoms with Crippen molar-refractivity contribution in [3.63, 3.8) is 0 Å². The van der Waals surface area contributed by atoms with Gasteiger partial charge in [0.2, 0.25) is 0 Å². The van der Waals surface area contributed by atoms with Crippen molar-refractivity contribution in [2.24, 2.45) is 11.3 Å². The average Bonchev–Trinajstić information content (AvgIpc) is 2.85. The topological polar surface area (TPSA) is 24.5 Å². The first-order valence-electron chi connectivity index (χ1n) is 8.55. The Hall–Kier alpha value is -0.120. The van der Waals surface area contributed by atoms with Crippen molar-refractivity contribution in [2.45, 2.75) is 65.0 Å². The second-order valence-electron chi connectivity index (χ2n) is 7.48. The summed E-state index contributed by atoms with van der Waals surface area (Å²) < 4.78 is 5.35. The summed E-state index contributed by atoms with van der Waals surface area (Å²) in [5.74, 6) is 0.747. The molecule has 1 N–H and O–H groups in total. The van der Waals surface area contributed by atoms with Crippen molar-refractivity contribution in [3.8, 4) is 0 Å². The normalized spacial score (nSPS) is 34.5. The molecule has 1 saturated heterocycles. The minimum Gasteiger partial charge on any atom is -0.384 e. The highest BCUT2D eigenvalue weighted by Gasteiger charge is 2.42. The Morgan fingerprint density at radius 2 is 2.10 bits per heavy atom. The summed E-state index contributed by atoms with van der Waals surface area (Å²) in [6.45, 7) is 11.8. The first-order chi connectivity index (χ1) is 9.58. The summed E-state index contributed by atoms with van der Waals surface area (Å²) in [6, 6.07) is 1.38. The SMILES string of the molecule is CCCNC1C(N2CCC(COC)C2)CCCC1(C)C. The molecule has 20 heavy (non-hydrogen) atoms. The number of ether oxygens (including phenoxy) is 1. The maximum Gasteiger partial charge on any atom is 0.0503 e. The summed E-state index contributed by atoms with van der Waals surface area (Å²) in [7, 11) is 1.83. The van der Waals surface area contributed by atoms with Crippen LogP contribution in [0.3, 0.4) is 0 Å². The molecule has 0 aromatic rings. The van der Waals surface area contributed by atoms with Crippen molar-refractivity contribution in [1.82, 2.24) is 10.2 Å². The molecule has 0 radical (unpaired) electrons. The lowest BCUT2D eigenvalue weighted by atomic mass is 9.70. The molecular formula is C17H34N2O. The van der Waals surface area contributed by atoms with E-state index in [4.69, 9.17) is 4.74 Å². The van der Waals surface area contributed by atoms with E-state index in [0.29, 0.717) is 11.5 Å². The number of likely N-dealkylation sites (tertiary alicyclic amines) is 1. The largest absolute Gasteiger partial charge is 0.384 e. The van der Waals surface area contributed by atoms with Gasteiger partial charge in [0.25, 0.3) is 0 Å². The van der Waals surface area contributed by atoms with Crippen molar-refractivity contribution < 1.29 is 4.74 Å². The van der Waals surface area contributed by atoms with Crippen LogP contribution >= 0.6 is 0 Å².